The van der Waals surface area contributed by atoms with Crippen molar-refractivity contribution in [3.63, 3.8) is 0 Å². The van der Waals surface area contributed by atoms with Crippen LogP contribution >= 0.6 is 0 Å². The topological polar surface area (TPSA) is 17.8 Å². The van der Waals surface area contributed by atoms with E-state index in [-0.39, 0.29) is 24.8 Å². The average Bonchev–Trinajstić information content (AvgIpc) is 3.40. The molecular weight excluding hydrogens is 478 g/mol. The first-order chi connectivity index (χ1) is 13.3. The van der Waals surface area contributed by atoms with E-state index < -0.39 is 23.2 Å². The number of benzene rings is 2. The van der Waals surface area contributed by atoms with Gasteiger partial charge in [-0.15, -0.1) is 0 Å². The number of halogens is 2. The molecule has 1 atom stereocenters. The maximum atomic E-state index is 4.65. The number of nitrogens with zero attached hydrogens (tertiary/aromatic N) is 2. The Morgan fingerprint density at radius 2 is 1.86 bits per heavy atom. The molecule has 0 radical (unpaired) electrons. The predicted octanol–water partition coefficient (Wildman–Crippen LogP) is 0.194. The molecular formula is C24H22Cl2N2Zr. The molecule has 0 bridgehead atoms. The number of hydrogen-bond donors (Lipinski definition) is 0. The number of allylic oxidation sites excluding steroid dienone is 5. The van der Waals surface area contributed by atoms with Crippen molar-refractivity contribution in [1.29, 1.82) is 0 Å². The first-order valence-electron chi connectivity index (χ1n) is 9.73. The molecule has 0 fully saturated rings. The second kappa shape index (κ2) is 9.60. The van der Waals surface area contributed by atoms with Crippen LogP contribution in [-0.2, 0) is 23.2 Å². The Morgan fingerprint density at radius 1 is 1.07 bits per heavy atom. The Labute approximate surface area is 196 Å². The second-order valence-corrected chi connectivity index (χ2v) is 10.9. The first-order valence-corrected chi connectivity index (χ1v) is 12.4. The maximum absolute atomic E-state index is 4.65. The minimum Gasteiger partial charge on any atom is -1.00 e. The Hall–Kier alpha value is -1.41. The molecule has 1 aromatic heterocycles. The number of imidazole rings is 1. The Balaban J connectivity index is 0.00000120. The molecule has 0 saturated heterocycles. The van der Waals surface area contributed by atoms with Crippen LogP contribution in [0.4, 0.5) is 0 Å². The fraction of sp³-hybridized carbons (Fsp3) is 0.208. The van der Waals surface area contributed by atoms with E-state index in [9.17, 15) is 0 Å². The summed E-state index contributed by atoms with van der Waals surface area (Å²) in [4.78, 5) is 4.65. The van der Waals surface area contributed by atoms with Gasteiger partial charge in [0.05, 0.1) is 0 Å². The molecule has 0 amide bonds. The van der Waals surface area contributed by atoms with E-state index in [1.807, 2.05) is 6.33 Å². The summed E-state index contributed by atoms with van der Waals surface area (Å²) in [7, 11) is 0. The molecule has 0 spiro atoms. The monoisotopic (exact) mass is 498 g/mol. The molecule has 1 unspecified atom stereocenters. The summed E-state index contributed by atoms with van der Waals surface area (Å²) in [6, 6.07) is 17.4. The van der Waals surface area contributed by atoms with Crippen molar-refractivity contribution in [2.24, 2.45) is 0 Å². The Morgan fingerprint density at radius 3 is 2.72 bits per heavy atom. The number of fused-ring (bicyclic) bond motifs is 2. The van der Waals surface area contributed by atoms with E-state index >= 15 is 0 Å². The fourth-order valence-corrected chi connectivity index (χ4v) is 8.55. The quantitative estimate of drug-likeness (QED) is 0.490. The van der Waals surface area contributed by atoms with Crippen LogP contribution in [0.5, 0.6) is 0 Å². The summed E-state index contributed by atoms with van der Waals surface area (Å²) in [6.07, 6.45) is 12.8. The van der Waals surface area contributed by atoms with E-state index in [1.54, 1.807) is 8.85 Å². The van der Waals surface area contributed by atoms with Gasteiger partial charge in [-0.2, -0.15) is 0 Å². The smallest absolute Gasteiger partial charge is 1.00 e. The molecule has 0 saturated carbocycles. The number of hydrogen-bond acceptors (Lipinski definition) is 1. The molecule has 0 aliphatic heterocycles. The minimum absolute atomic E-state index is 0. The molecule has 2 aliphatic carbocycles. The SMILES string of the molecule is CCCC1=[C]([Zr+2][CH]2C(n3cnc4ccccc43)=Cc3ccccc32)CC=C1.[Cl-].[Cl-]. The van der Waals surface area contributed by atoms with Crippen molar-refractivity contribution < 1.29 is 48.0 Å². The van der Waals surface area contributed by atoms with Gasteiger partial charge >= 0.3 is 172 Å². The predicted molar refractivity (Wildman–Crippen MR) is 109 cm³/mol. The third-order valence-electron chi connectivity index (χ3n) is 5.50. The van der Waals surface area contributed by atoms with Crippen LogP contribution in [0, 0.1) is 0 Å². The van der Waals surface area contributed by atoms with Gasteiger partial charge in [-0.05, 0) is 0 Å². The summed E-state index contributed by atoms with van der Waals surface area (Å²) >= 11 is -0.794. The summed E-state index contributed by atoms with van der Waals surface area (Å²) in [5, 5.41) is 0. The molecule has 29 heavy (non-hydrogen) atoms. The Bertz CT molecular complexity index is 1110. The zero-order valence-electron chi connectivity index (χ0n) is 16.3. The molecule has 2 nitrogen and oxygen atoms in total. The van der Waals surface area contributed by atoms with Crippen molar-refractivity contribution in [2.45, 2.75) is 29.8 Å². The van der Waals surface area contributed by atoms with Crippen LogP contribution in [0.15, 0.2) is 75.9 Å². The van der Waals surface area contributed by atoms with Crippen LogP contribution in [-0.4, -0.2) is 9.55 Å². The molecule has 2 aliphatic rings. The van der Waals surface area contributed by atoms with E-state index in [0.29, 0.717) is 3.63 Å². The van der Waals surface area contributed by atoms with Crippen LogP contribution in [0.2, 0.25) is 0 Å². The van der Waals surface area contributed by atoms with E-state index in [4.69, 9.17) is 0 Å². The zero-order valence-corrected chi connectivity index (χ0v) is 20.2. The number of aromatic nitrogens is 2. The van der Waals surface area contributed by atoms with Crippen LogP contribution in [0.3, 0.4) is 0 Å². The minimum atomic E-state index is -0.794. The second-order valence-electron chi connectivity index (χ2n) is 7.24. The summed E-state index contributed by atoms with van der Waals surface area (Å²) in [6.45, 7) is 2.29. The average molecular weight is 501 g/mol. The van der Waals surface area contributed by atoms with Gasteiger partial charge in [0, 0.05) is 0 Å². The maximum Gasteiger partial charge on any atom is -1.00 e. The first kappa shape index (κ1) is 22.3. The molecule has 3 aromatic rings. The molecule has 2 aromatic carbocycles. The van der Waals surface area contributed by atoms with Crippen molar-refractivity contribution in [2.75, 3.05) is 0 Å². The Kier molecular flexibility index (Phi) is 7.38. The third-order valence-corrected chi connectivity index (χ3v) is 9.85. The van der Waals surface area contributed by atoms with Crippen LogP contribution in [0.25, 0.3) is 22.8 Å². The number of para-hydroxylation sites is 2. The van der Waals surface area contributed by atoms with E-state index in [1.165, 1.54) is 41.6 Å². The molecule has 146 valence electrons. The van der Waals surface area contributed by atoms with Gasteiger partial charge in [0.2, 0.25) is 0 Å². The van der Waals surface area contributed by atoms with Crippen LogP contribution in [0.1, 0.15) is 40.9 Å². The van der Waals surface area contributed by atoms with Crippen molar-refractivity contribution in [3.05, 3.63) is 87.0 Å². The molecule has 1 heterocycles. The van der Waals surface area contributed by atoms with Crippen LogP contribution < -0.4 is 24.8 Å². The fourth-order valence-electron chi connectivity index (χ4n) is 4.21. The van der Waals surface area contributed by atoms with Gasteiger partial charge < -0.3 is 24.8 Å². The largest absolute Gasteiger partial charge is 1.00 e. The van der Waals surface area contributed by atoms with E-state index in [0.717, 1.165) is 5.52 Å². The third kappa shape index (κ3) is 4.11. The normalized spacial score (nSPS) is 16.9. The molecule has 5 rings (SSSR count). The van der Waals surface area contributed by atoms with Gasteiger partial charge in [-0.25, -0.2) is 0 Å². The van der Waals surface area contributed by atoms with Gasteiger partial charge in [0.1, 0.15) is 0 Å². The zero-order chi connectivity index (χ0) is 18.2. The van der Waals surface area contributed by atoms with Gasteiger partial charge in [-0.3, -0.25) is 0 Å². The van der Waals surface area contributed by atoms with Gasteiger partial charge in [0.15, 0.2) is 0 Å². The molecule has 5 heteroatoms. The van der Waals surface area contributed by atoms with Crippen molar-refractivity contribution in [3.8, 4) is 0 Å². The summed E-state index contributed by atoms with van der Waals surface area (Å²) in [5.74, 6) is 0. The number of rotatable bonds is 5. The summed E-state index contributed by atoms with van der Waals surface area (Å²) in [5.41, 5.74) is 8.25. The van der Waals surface area contributed by atoms with E-state index in [2.05, 4.69) is 83.2 Å². The molecule has 0 N–H and O–H groups in total. The van der Waals surface area contributed by atoms with Crippen molar-refractivity contribution in [1.82, 2.24) is 9.55 Å². The van der Waals surface area contributed by atoms with Crippen molar-refractivity contribution >= 4 is 22.8 Å². The van der Waals surface area contributed by atoms with Gasteiger partial charge in [0.25, 0.3) is 0 Å². The van der Waals surface area contributed by atoms with Gasteiger partial charge in [-0.1, -0.05) is 0 Å². The summed E-state index contributed by atoms with van der Waals surface area (Å²) < 4.78 is 4.67. The standard InChI is InChI=1S/C16H11N2.C8H11.2ClH.Zr/c1-2-6-13-10-14(9-12(13)5-1)18-11-17-15-7-3-4-8-16(15)18;1-2-5-8-6-3-4-7-8;;;/h1-11H;3,6H,2,4-5H2,1H3;2*1H;/q;;;;+2/p-2.